The summed E-state index contributed by atoms with van der Waals surface area (Å²) in [7, 11) is 0. The fourth-order valence-corrected chi connectivity index (χ4v) is 3.15. The van der Waals surface area contributed by atoms with Crippen LogP contribution in [0.3, 0.4) is 0 Å². The van der Waals surface area contributed by atoms with Crippen LogP contribution >= 0.6 is 23.2 Å². The molecule has 4 rings (SSSR count). The van der Waals surface area contributed by atoms with E-state index in [2.05, 4.69) is 4.98 Å². The molecule has 126 valence electrons. The van der Waals surface area contributed by atoms with Gasteiger partial charge in [-0.15, -0.1) is 0 Å². The van der Waals surface area contributed by atoms with E-state index < -0.39 is 0 Å². The molecule has 0 unspecified atom stereocenters. The van der Waals surface area contributed by atoms with Gasteiger partial charge in [0.05, 0.1) is 0 Å². The molecule has 0 aliphatic rings. The van der Waals surface area contributed by atoms with Crippen molar-refractivity contribution in [1.82, 2.24) is 4.98 Å². The normalized spacial score (nSPS) is 10.7. The Balaban J connectivity index is 1.79. The van der Waals surface area contributed by atoms with Crippen LogP contribution in [0.2, 0.25) is 10.0 Å². The predicted molar refractivity (Wildman–Crippen MR) is 110 cm³/mol. The number of benzene rings is 3. The molecule has 3 aromatic carbocycles. The van der Waals surface area contributed by atoms with Crippen LogP contribution in [0.4, 0.5) is 0 Å². The molecule has 0 saturated heterocycles. The van der Waals surface area contributed by atoms with Crippen LogP contribution in [0.5, 0.6) is 5.75 Å². The second-order valence-electron chi connectivity index (χ2n) is 5.93. The Hall–Kier alpha value is -2.49. The van der Waals surface area contributed by atoms with Gasteiger partial charge < -0.3 is 4.65 Å². The molecule has 0 saturated carbocycles. The van der Waals surface area contributed by atoms with Gasteiger partial charge in [-0.1, -0.05) is 65.7 Å². The number of fused-ring (bicyclic) bond motifs is 1. The highest BCUT2D eigenvalue weighted by atomic mass is 35.5. The van der Waals surface area contributed by atoms with Crippen molar-refractivity contribution in [3.63, 3.8) is 0 Å². The molecule has 0 bridgehead atoms. The van der Waals surface area contributed by atoms with Crippen LogP contribution < -0.4 is 15.6 Å². The topological polar surface area (TPSA) is 22.1 Å². The molecule has 0 N–H and O–H groups in total. The van der Waals surface area contributed by atoms with Crippen LogP contribution in [0.15, 0.2) is 85.1 Å². The van der Waals surface area contributed by atoms with E-state index in [0.717, 1.165) is 27.6 Å². The lowest BCUT2D eigenvalue weighted by Gasteiger charge is -2.18. The smallest absolute Gasteiger partial charge is 0.426 e. The minimum atomic E-state index is -0.294. The van der Waals surface area contributed by atoms with Crippen molar-refractivity contribution in [1.29, 1.82) is 0 Å². The van der Waals surface area contributed by atoms with Crippen LogP contribution in [0.1, 0.15) is 0 Å². The van der Waals surface area contributed by atoms with E-state index in [1.807, 2.05) is 78.9 Å². The lowest BCUT2D eigenvalue weighted by Crippen LogP contribution is -2.47. The fraction of sp³-hybridized carbons (Fsp3) is 0. The van der Waals surface area contributed by atoms with Crippen molar-refractivity contribution >= 4 is 51.9 Å². The molecule has 0 amide bonds. The lowest BCUT2D eigenvalue weighted by molar-refractivity contribution is 0.597. The summed E-state index contributed by atoms with van der Waals surface area (Å²) in [5.41, 5.74) is 2.84. The van der Waals surface area contributed by atoms with E-state index in [1.54, 1.807) is 6.20 Å². The molecule has 1 aromatic heterocycles. The summed E-state index contributed by atoms with van der Waals surface area (Å²) in [5.74, 6) is 0.734. The predicted octanol–water partition coefficient (Wildman–Crippen LogP) is 4.73. The number of rotatable bonds is 4. The Morgan fingerprint density at radius 2 is 1.27 bits per heavy atom. The summed E-state index contributed by atoms with van der Waals surface area (Å²) in [6.07, 6.45) is 1.77. The molecule has 5 heteroatoms. The Labute approximate surface area is 162 Å². The second-order valence-corrected chi connectivity index (χ2v) is 6.81. The third-order valence-electron chi connectivity index (χ3n) is 4.19. The Kier molecular flexibility index (Phi) is 4.83. The zero-order valence-corrected chi connectivity index (χ0v) is 15.3. The molecule has 0 aliphatic heterocycles. The van der Waals surface area contributed by atoms with Crippen LogP contribution in [-0.2, 0) is 0 Å². The largest absolute Gasteiger partial charge is 0.550 e. The van der Waals surface area contributed by atoms with Crippen molar-refractivity contribution in [2.24, 2.45) is 0 Å². The van der Waals surface area contributed by atoms with Crippen molar-refractivity contribution in [3.05, 3.63) is 95.1 Å². The van der Waals surface area contributed by atoms with E-state index in [-0.39, 0.29) is 6.92 Å². The summed E-state index contributed by atoms with van der Waals surface area (Å²) in [4.78, 5) is 4.48. The summed E-state index contributed by atoms with van der Waals surface area (Å²) >= 11 is 12.1. The first-order chi connectivity index (χ1) is 12.7. The minimum Gasteiger partial charge on any atom is -0.550 e. The number of halogens is 2. The van der Waals surface area contributed by atoms with Crippen molar-refractivity contribution in [3.8, 4) is 5.75 Å². The van der Waals surface area contributed by atoms with Gasteiger partial charge in [0.2, 0.25) is 0 Å². The Morgan fingerprint density at radius 1 is 0.692 bits per heavy atom. The van der Waals surface area contributed by atoms with Crippen molar-refractivity contribution in [2.75, 3.05) is 0 Å². The maximum Gasteiger partial charge on any atom is 0.426 e. The Morgan fingerprint density at radius 3 is 1.88 bits per heavy atom. The molecule has 2 nitrogen and oxygen atoms in total. The average molecular weight is 378 g/mol. The van der Waals surface area contributed by atoms with E-state index in [9.17, 15) is 0 Å². The zero-order chi connectivity index (χ0) is 17.9. The number of pyridine rings is 1. The summed E-state index contributed by atoms with van der Waals surface area (Å²) < 4.78 is 6.43. The summed E-state index contributed by atoms with van der Waals surface area (Å²) in [5, 5.41) is 2.42. The van der Waals surface area contributed by atoms with Gasteiger partial charge >= 0.3 is 6.92 Å². The number of para-hydroxylation sites is 1. The zero-order valence-electron chi connectivity index (χ0n) is 13.8. The van der Waals surface area contributed by atoms with Gasteiger partial charge in [0.1, 0.15) is 11.3 Å². The fourth-order valence-electron chi connectivity index (χ4n) is 2.90. The molecule has 0 aliphatic carbocycles. The molecule has 0 spiro atoms. The van der Waals surface area contributed by atoms with Crippen LogP contribution in [0.25, 0.3) is 10.9 Å². The first kappa shape index (κ1) is 17.0. The van der Waals surface area contributed by atoms with Gasteiger partial charge in [-0.25, -0.2) is 0 Å². The van der Waals surface area contributed by atoms with Gasteiger partial charge in [-0.05, 0) is 47.3 Å². The maximum absolute atomic E-state index is 6.43. The van der Waals surface area contributed by atoms with Crippen molar-refractivity contribution in [2.45, 2.75) is 0 Å². The van der Waals surface area contributed by atoms with Gasteiger partial charge in [0.15, 0.2) is 0 Å². The van der Waals surface area contributed by atoms with E-state index >= 15 is 0 Å². The first-order valence-electron chi connectivity index (χ1n) is 8.22. The average Bonchev–Trinajstić information content (AvgIpc) is 2.68. The number of hydrogen-bond acceptors (Lipinski definition) is 2. The molecule has 0 fully saturated rings. The molecular formula is C21H14BCl2NO. The number of aromatic nitrogens is 1. The van der Waals surface area contributed by atoms with E-state index in [0.29, 0.717) is 10.0 Å². The first-order valence-corrected chi connectivity index (χ1v) is 8.97. The molecular weight excluding hydrogens is 364 g/mol. The molecule has 4 aromatic rings. The molecule has 0 radical (unpaired) electrons. The van der Waals surface area contributed by atoms with E-state index in [1.165, 1.54) is 0 Å². The lowest BCUT2D eigenvalue weighted by atomic mass is 9.55. The van der Waals surface area contributed by atoms with Crippen molar-refractivity contribution < 1.29 is 4.65 Å². The molecule has 1 heterocycles. The third kappa shape index (κ3) is 3.55. The third-order valence-corrected chi connectivity index (χ3v) is 4.69. The van der Waals surface area contributed by atoms with Gasteiger partial charge in [0.25, 0.3) is 0 Å². The van der Waals surface area contributed by atoms with Gasteiger partial charge in [-0.2, -0.15) is 0 Å². The summed E-state index contributed by atoms with van der Waals surface area (Å²) in [6, 6.07) is 25.2. The highest BCUT2D eigenvalue weighted by Gasteiger charge is 2.24. The maximum atomic E-state index is 6.43. The van der Waals surface area contributed by atoms with Gasteiger partial charge in [0, 0.05) is 21.6 Å². The van der Waals surface area contributed by atoms with E-state index in [4.69, 9.17) is 27.9 Å². The quantitative estimate of drug-likeness (QED) is 0.480. The van der Waals surface area contributed by atoms with Gasteiger partial charge in [-0.3, -0.25) is 4.98 Å². The Bertz CT molecular complexity index is 985. The number of hydrogen-bond donors (Lipinski definition) is 0. The monoisotopic (exact) mass is 377 g/mol. The molecule has 26 heavy (non-hydrogen) atoms. The number of nitrogens with zero attached hydrogens (tertiary/aromatic N) is 1. The molecule has 0 atom stereocenters. The standard InChI is InChI=1S/C21H14BCl2NO/c23-18-10-6-16(7-11-18)22(17-8-12-19(24)13-9-17)26-20-5-1-3-15-4-2-14-25-21(15)20/h1-14H. The highest BCUT2D eigenvalue weighted by molar-refractivity contribution is 6.80. The van der Waals surface area contributed by atoms with Crippen LogP contribution in [-0.4, -0.2) is 11.9 Å². The minimum absolute atomic E-state index is 0.294. The summed E-state index contributed by atoms with van der Waals surface area (Å²) in [6.45, 7) is -0.294. The van der Waals surface area contributed by atoms with Crippen LogP contribution in [0, 0.1) is 0 Å². The second kappa shape index (κ2) is 7.41. The highest BCUT2D eigenvalue weighted by Crippen LogP contribution is 2.23. The SMILES string of the molecule is Clc1ccc(B(Oc2cccc3cccnc23)c2ccc(Cl)cc2)cc1.